The molecule has 0 aromatic heterocycles. The highest BCUT2D eigenvalue weighted by molar-refractivity contribution is 7.90. The molecular formula is C29H32F2N2O4S. The summed E-state index contributed by atoms with van der Waals surface area (Å²) < 4.78 is 52.8. The Labute approximate surface area is 222 Å². The topological polar surface area (TPSA) is 95.5 Å². The second-order valence-corrected chi connectivity index (χ2v) is 11.9. The first-order valence-electron chi connectivity index (χ1n) is 12.6. The third-order valence-corrected chi connectivity index (χ3v) is 8.35. The molecule has 0 fully saturated rings. The predicted molar refractivity (Wildman–Crippen MR) is 142 cm³/mol. The number of aliphatic hydroxyl groups is 1. The average Bonchev–Trinajstić information content (AvgIpc) is 2.86. The van der Waals surface area contributed by atoms with Crippen molar-refractivity contribution in [1.29, 1.82) is 0 Å². The molecular weight excluding hydrogens is 510 g/mol. The van der Waals surface area contributed by atoms with Gasteiger partial charge in [0.1, 0.15) is 11.6 Å². The van der Waals surface area contributed by atoms with Crippen LogP contribution in [-0.4, -0.2) is 43.9 Å². The number of aryl methyl sites for hydroxylation is 1. The molecule has 3 aromatic carbocycles. The zero-order valence-corrected chi connectivity index (χ0v) is 22.0. The first-order chi connectivity index (χ1) is 18.1. The molecule has 9 heteroatoms. The van der Waals surface area contributed by atoms with Gasteiger partial charge in [-0.3, -0.25) is 4.79 Å². The maximum atomic E-state index is 13.8. The van der Waals surface area contributed by atoms with E-state index in [0.29, 0.717) is 0 Å². The van der Waals surface area contributed by atoms with E-state index in [1.807, 2.05) is 43.3 Å². The molecule has 202 valence electrons. The van der Waals surface area contributed by atoms with Crippen LogP contribution >= 0.6 is 0 Å². The van der Waals surface area contributed by atoms with E-state index >= 15 is 0 Å². The average molecular weight is 543 g/mol. The number of rotatable bonds is 10. The summed E-state index contributed by atoms with van der Waals surface area (Å²) in [6.45, 7) is 1.98. The third kappa shape index (κ3) is 7.46. The van der Waals surface area contributed by atoms with E-state index in [1.54, 1.807) is 12.1 Å². The van der Waals surface area contributed by atoms with Crippen molar-refractivity contribution in [3.63, 3.8) is 0 Å². The molecule has 38 heavy (non-hydrogen) atoms. The zero-order valence-electron chi connectivity index (χ0n) is 21.2. The molecule has 0 saturated carbocycles. The van der Waals surface area contributed by atoms with Crippen LogP contribution in [0, 0.1) is 11.6 Å². The quantitative estimate of drug-likeness (QED) is 0.365. The van der Waals surface area contributed by atoms with Crippen LogP contribution in [0.1, 0.15) is 40.8 Å². The number of fused-ring (bicyclic) bond motifs is 1. The predicted octanol–water partition coefficient (Wildman–Crippen LogP) is 3.42. The molecule has 4 rings (SSSR count). The molecule has 0 aliphatic carbocycles. The van der Waals surface area contributed by atoms with Gasteiger partial charge in [-0.1, -0.05) is 55.5 Å². The summed E-state index contributed by atoms with van der Waals surface area (Å²) in [6.07, 6.45) is -0.307. The lowest BCUT2D eigenvalue weighted by Crippen LogP contribution is -2.50. The van der Waals surface area contributed by atoms with E-state index in [0.717, 1.165) is 46.9 Å². The highest BCUT2D eigenvalue weighted by atomic mass is 32.2. The van der Waals surface area contributed by atoms with Gasteiger partial charge in [0, 0.05) is 18.7 Å². The van der Waals surface area contributed by atoms with E-state index in [1.165, 1.54) is 0 Å². The van der Waals surface area contributed by atoms with E-state index in [-0.39, 0.29) is 42.4 Å². The Morgan fingerprint density at radius 1 is 1.00 bits per heavy atom. The summed E-state index contributed by atoms with van der Waals surface area (Å²) in [6, 6.07) is 16.5. The van der Waals surface area contributed by atoms with Gasteiger partial charge in [0.25, 0.3) is 0 Å². The maximum absolute atomic E-state index is 13.8. The molecule has 0 bridgehead atoms. The fraction of sp³-hybridized carbons (Fsp3) is 0.345. The Kier molecular flexibility index (Phi) is 8.91. The lowest BCUT2D eigenvalue weighted by molar-refractivity contribution is -0.122. The number of aliphatic hydroxyl groups excluding tert-OH is 1. The first-order valence-corrected chi connectivity index (χ1v) is 14.5. The van der Waals surface area contributed by atoms with Crippen LogP contribution in [0.2, 0.25) is 0 Å². The number of halogens is 2. The molecule has 3 N–H and O–H groups in total. The van der Waals surface area contributed by atoms with Gasteiger partial charge < -0.3 is 15.7 Å². The molecule has 1 amide bonds. The fourth-order valence-corrected chi connectivity index (χ4v) is 6.50. The summed E-state index contributed by atoms with van der Waals surface area (Å²) in [5, 5.41) is 17.1. The summed E-state index contributed by atoms with van der Waals surface area (Å²) in [5.41, 5.74) is 3.75. The second-order valence-electron chi connectivity index (χ2n) is 9.79. The smallest absolute Gasteiger partial charge is 0.224 e. The number of hydrogen-bond donors (Lipinski definition) is 3. The van der Waals surface area contributed by atoms with Crippen molar-refractivity contribution in [2.45, 2.75) is 50.1 Å². The van der Waals surface area contributed by atoms with E-state index in [2.05, 4.69) is 10.6 Å². The number of sulfone groups is 1. The van der Waals surface area contributed by atoms with Crippen molar-refractivity contribution in [3.05, 3.63) is 106 Å². The highest BCUT2D eigenvalue weighted by Crippen LogP contribution is 2.29. The fourth-order valence-electron chi connectivity index (χ4n) is 4.84. The molecule has 0 spiro atoms. The van der Waals surface area contributed by atoms with Crippen LogP contribution < -0.4 is 10.6 Å². The van der Waals surface area contributed by atoms with Crippen molar-refractivity contribution in [2.75, 3.05) is 12.3 Å². The van der Waals surface area contributed by atoms with Crippen molar-refractivity contribution < 1.29 is 27.1 Å². The van der Waals surface area contributed by atoms with Crippen molar-refractivity contribution >= 4 is 15.7 Å². The first kappa shape index (κ1) is 27.9. The van der Waals surface area contributed by atoms with Crippen LogP contribution in [-0.2, 0) is 39.6 Å². The van der Waals surface area contributed by atoms with Gasteiger partial charge in [-0.25, -0.2) is 17.2 Å². The van der Waals surface area contributed by atoms with Crippen LogP contribution in [0.3, 0.4) is 0 Å². The summed E-state index contributed by atoms with van der Waals surface area (Å²) in [4.78, 5) is 12.8. The number of carbonyl (C=O) groups excluding carboxylic acids is 1. The lowest BCUT2D eigenvalue weighted by atomic mass is 9.97. The molecule has 1 heterocycles. The van der Waals surface area contributed by atoms with Gasteiger partial charge in [-0.05, 0) is 52.8 Å². The lowest BCUT2D eigenvalue weighted by Gasteiger charge is -2.30. The van der Waals surface area contributed by atoms with Gasteiger partial charge in [-0.15, -0.1) is 0 Å². The number of carbonyl (C=O) groups is 1. The van der Waals surface area contributed by atoms with Gasteiger partial charge in [0.05, 0.1) is 30.1 Å². The Morgan fingerprint density at radius 2 is 1.71 bits per heavy atom. The SMILES string of the molecule is CCc1ccc2c(c1)[C@@H](NC[C@@H](O)[C@H](Cc1cc(F)cc(F)c1)NC(=O)Cc1ccccc1)CS(=O)(=O)C2. The zero-order chi connectivity index (χ0) is 27.3. The number of nitrogens with one attached hydrogen (secondary N) is 2. The maximum Gasteiger partial charge on any atom is 0.224 e. The van der Waals surface area contributed by atoms with Gasteiger partial charge >= 0.3 is 0 Å². The Hall–Kier alpha value is -3.14. The minimum absolute atomic E-state index is 0.0163. The number of amides is 1. The van der Waals surface area contributed by atoms with Crippen LogP contribution in [0.5, 0.6) is 0 Å². The molecule has 6 nitrogen and oxygen atoms in total. The number of benzene rings is 3. The summed E-state index contributed by atoms with van der Waals surface area (Å²) in [7, 11) is -3.34. The van der Waals surface area contributed by atoms with E-state index in [4.69, 9.17) is 0 Å². The minimum atomic E-state index is -3.34. The summed E-state index contributed by atoms with van der Waals surface area (Å²) in [5.74, 6) is -2.00. The molecule has 0 unspecified atom stereocenters. The largest absolute Gasteiger partial charge is 0.390 e. The Bertz CT molecular complexity index is 1360. The normalized spacial score (nSPS) is 17.8. The molecule has 1 aliphatic heterocycles. The van der Waals surface area contributed by atoms with Crippen molar-refractivity contribution in [1.82, 2.24) is 10.6 Å². The van der Waals surface area contributed by atoms with Crippen LogP contribution in [0.4, 0.5) is 8.78 Å². The van der Waals surface area contributed by atoms with Gasteiger partial charge in [-0.2, -0.15) is 0 Å². The molecule has 0 saturated heterocycles. The third-order valence-electron chi connectivity index (χ3n) is 6.76. The minimum Gasteiger partial charge on any atom is -0.390 e. The van der Waals surface area contributed by atoms with Gasteiger partial charge in [0.15, 0.2) is 9.84 Å². The standard InChI is InChI=1S/C29H32F2N2O4S/c1-2-19-8-9-22-17-38(36,37)18-27(25(22)12-19)32-16-28(34)26(13-21-10-23(30)15-24(31)11-21)33-29(35)14-20-6-4-3-5-7-20/h3-12,15,26-28,32,34H,2,13-14,16-18H2,1H3,(H,33,35)/t26-,27-,28+/m0/s1. The molecule has 3 atom stereocenters. The molecule has 1 aliphatic rings. The Morgan fingerprint density at radius 3 is 2.39 bits per heavy atom. The van der Waals surface area contributed by atoms with Crippen LogP contribution in [0.15, 0.2) is 66.7 Å². The number of hydrogen-bond acceptors (Lipinski definition) is 5. The Balaban J connectivity index is 1.51. The van der Waals surface area contributed by atoms with Crippen molar-refractivity contribution in [2.24, 2.45) is 0 Å². The van der Waals surface area contributed by atoms with Crippen molar-refractivity contribution in [3.8, 4) is 0 Å². The second kappa shape index (κ2) is 12.1. The monoisotopic (exact) mass is 542 g/mol. The highest BCUT2D eigenvalue weighted by Gasteiger charge is 2.31. The molecule has 3 aromatic rings. The molecule has 0 radical (unpaired) electrons. The van der Waals surface area contributed by atoms with Crippen LogP contribution in [0.25, 0.3) is 0 Å². The van der Waals surface area contributed by atoms with E-state index in [9.17, 15) is 27.1 Å². The van der Waals surface area contributed by atoms with Gasteiger partial charge in [0.2, 0.25) is 5.91 Å². The van der Waals surface area contributed by atoms with E-state index < -0.39 is 39.7 Å². The summed E-state index contributed by atoms with van der Waals surface area (Å²) >= 11 is 0.